The summed E-state index contributed by atoms with van der Waals surface area (Å²) in [6, 6.07) is 3.64. The maximum atomic E-state index is 12.7. The van der Waals surface area contributed by atoms with Crippen LogP contribution in [0.4, 0.5) is 13.2 Å². The number of nitrogens with zero attached hydrogens (tertiary/aromatic N) is 1. The van der Waals surface area contributed by atoms with Crippen molar-refractivity contribution in [1.29, 1.82) is 0 Å². The van der Waals surface area contributed by atoms with Crippen molar-refractivity contribution < 1.29 is 13.2 Å². The van der Waals surface area contributed by atoms with Crippen molar-refractivity contribution in [3.05, 3.63) is 46.0 Å². The highest BCUT2D eigenvalue weighted by molar-refractivity contribution is 7.71. The van der Waals surface area contributed by atoms with Gasteiger partial charge in [0.1, 0.15) is 0 Å². The Kier molecular flexibility index (Phi) is 3.06. The molecular formula is C12H11F3N2S. The average Bonchev–Trinajstić information content (AvgIpc) is 2.58. The molecule has 0 saturated carbocycles. The highest BCUT2D eigenvalue weighted by atomic mass is 32.1. The monoisotopic (exact) mass is 272 g/mol. The minimum absolute atomic E-state index is 0.384. The van der Waals surface area contributed by atoms with Gasteiger partial charge in [0.2, 0.25) is 0 Å². The van der Waals surface area contributed by atoms with Gasteiger partial charge < -0.3 is 4.98 Å². The van der Waals surface area contributed by atoms with E-state index in [0.29, 0.717) is 10.5 Å². The van der Waals surface area contributed by atoms with Crippen molar-refractivity contribution in [3.63, 3.8) is 0 Å². The molecular weight excluding hydrogens is 261 g/mol. The Labute approximate surface area is 107 Å². The summed E-state index contributed by atoms with van der Waals surface area (Å²) in [4.78, 5) is 2.82. The number of H-pyrrole nitrogens is 1. The molecule has 96 valence electrons. The molecule has 2 nitrogen and oxygen atoms in total. The van der Waals surface area contributed by atoms with Crippen molar-refractivity contribution in [2.45, 2.75) is 20.0 Å². The maximum Gasteiger partial charge on any atom is 0.416 e. The van der Waals surface area contributed by atoms with Gasteiger partial charge in [-0.1, -0.05) is 6.07 Å². The van der Waals surface area contributed by atoms with Gasteiger partial charge in [-0.05, 0) is 43.8 Å². The lowest BCUT2D eigenvalue weighted by molar-refractivity contribution is -0.137. The molecule has 1 N–H and O–H groups in total. The molecule has 0 radical (unpaired) electrons. The number of aromatic nitrogens is 2. The summed E-state index contributed by atoms with van der Waals surface area (Å²) in [6.07, 6.45) is -2.68. The summed E-state index contributed by atoms with van der Waals surface area (Å²) in [6.45, 7) is 3.54. The lowest BCUT2D eigenvalue weighted by atomic mass is 10.1. The average molecular weight is 272 g/mol. The van der Waals surface area contributed by atoms with Crippen LogP contribution in [-0.4, -0.2) is 9.55 Å². The number of aryl methyl sites for hydroxylation is 2. The summed E-state index contributed by atoms with van der Waals surface area (Å²) < 4.78 is 40.1. The Morgan fingerprint density at radius 2 is 1.89 bits per heavy atom. The summed E-state index contributed by atoms with van der Waals surface area (Å²) >= 11 is 5.08. The first kappa shape index (κ1) is 12.9. The van der Waals surface area contributed by atoms with E-state index in [0.717, 1.165) is 23.4 Å². The molecule has 0 aliphatic carbocycles. The fraction of sp³-hybridized carbons (Fsp3) is 0.250. The molecule has 1 aromatic carbocycles. The highest BCUT2D eigenvalue weighted by Gasteiger charge is 2.31. The van der Waals surface area contributed by atoms with Crippen LogP contribution in [0.5, 0.6) is 0 Å². The van der Waals surface area contributed by atoms with Crippen LogP contribution in [0.25, 0.3) is 5.69 Å². The van der Waals surface area contributed by atoms with E-state index in [1.807, 2.05) is 0 Å². The Bertz CT molecular complexity index is 638. The van der Waals surface area contributed by atoms with Crippen LogP contribution >= 0.6 is 12.2 Å². The Morgan fingerprint density at radius 1 is 1.22 bits per heavy atom. The number of hydrogen-bond acceptors (Lipinski definition) is 1. The fourth-order valence-electron chi connectivity index (χ4n) is 1.78. The first-order chi connectivity index (χ1) is 8.30. The second-order valence-corrected chi connectivity index (χ2v) is 4.46. The van der Waals surface area contributed by atoms with Crippen LogP contribution in [-0.2, 0) is 6.18 Å². The number of alkyl halides is 3. The van der Waals surface area contributed by atoms with E-state index in [-0.39, 0.29) is 0 Å². The topological polar surface area (TPSA) is 20.7 Å². The van der Waals surface area contributed by atoms with E-state index in [9.17, 15) is 13.2 Å². The molecule has 0 saturated heterocycles. The maximum absolute atomic E-state index is 12.7. The number of aromatic amines is 1. The van der Waals surface area contributed by atoms with E-state index >= 15 is 0 Å². The Balaban J connectivity index is 2.69. The summed E-state index contributed by atoms with van der Waals surface area (Å²) in [7, 11) is 0. The zero-order valence-corrected chi connectivity index (χ0v) is 10.6. The van der Waals surface area contributed by atoms with Crippen LogP contribution < -0.4 is 0 Å². The molecule has 2 rings (SSSR count). The summed E-state index contributed by atoms with van der Waals surface area (Å²) in [5.74, 6) is 0. The van der Waals surface area contributed by atoms with Gasteiger partial charge in [-0.25, -0.2) is 0 Å². The Morgan fingerprint density at radius 3 is 2.39 bits per heavy atom. The van der Waals surface area contributed by atoms with Gasteiger partial charge in [0.25, 0.3) is 0 Å². The van der Waals surface area contributed by atoms with Gasteiger partial charge in [-0.2, -0.15) is 13.2 Å². The van der Waals surface area contributed by atoms with Crippen LogP contribution in [0.1, 0.15) is 16.8 Å². The quantitative estimate of drug-likeness (QED) is 0.773. The molecule has 0 bridgehead atoms. The van der Waals surface area contributed by atoms with Crippen LogP contribution in [0.2, 0.25) is 0 Å². The third kappa shape index (κ3) is 2.20. The van der Waals surface area contributed by atoms with Gasteiger partial charge >= 0.3 is 6.18 Å². The predicted octanol–water partition coefficient (Wildman–Crippen LogP) is 4.17. The Hall–Kier alpha value is -1.56. The largest absolute Gasteiger partial charge is 0.416 e. The molecule has 0 spiro atoms. The molecule has 6 heteroatoms. The van der Waals surface area contributed by atoms with Crippen molar-refractivity contribution in [2.75, 3.05) is 0 Å². The second-order valence-electron chi connectivity index (χ2n) is 4.07. The van der Waals surface area contributed by atoms with Gasteiger partial charge in [0.05, 0.1) is 11.3 Å². The molecule has 0 aliphatic heterocycles. The van der Waals surface area contributed by atoms with E-state index in [1.165, 1.54) is 6.07 Å². The molecule has 0 fully saturated rings. The van der Waals surface area contributed by atoms with E-state index in [4.69, 9.17) is 12.2 Å². The molecule has 0 aliphatic rings. The standard InChI is InChI=1S/C12H11F3N2S/c1-7-3-4-9(12(13,14)15)5-10(7)17-8(2)6-16-11(17)18/h3-6H,1-2H3,(H,16,18). The lowest BCUT2D eigenvalue weighted by Crippen LogP contribution is -2.08. The van der Waals surface area contributed by atoms with Crippen molar-refractivity contribution >= 4 is 12.2 Å². The zero-order chi connectivity index (χ0) is 13.5. The lowest BCUT2D eigenvalue weighted by Gasteiger charge is -2.13. The third-order valence-electron chi connectivity index (χ3n) is 2.74. The van der Waals surface area contributed by atoms with Gasteiger partial charge in [0, 0.05) is 11.9 Å². The molecule has 0 amide bonds. The van der Waals surface area contributed by atoms with Crippen LogP contribution in [0.15, 0.2) is 24.4 Å². The highest BCUT2D eigenvalue weighted by Crippen LogP contribution is 2.31. The minimum atomic E-state index is -4.35. The molecule has 1 heterocycles. The third-order valence-corrected chi connectivity index (χ3v) is 3.04. The first-order valence-corrected chi connectivity index (χ1v) is 5.67. The minimum Gasteiger partial charge on any atom is -0.337 e. The van der Waals surface area contributed by atoms with E-state index in [1.54, 1.807) is 24.6 Å². The normalized spacial score (nSPS) is 11.8. The number of imidazole rings is 1. The predicted molar refractivity (Wildman–Crippen MR) is 65.4 cm³/mol. The number of benzene rings is 1. The molecule has 1 aromatic heterocycles. The van der Waals surface area contributed by atoms with E-state index in [2.05, 4.69) is 4.98 Å². The molecule has 18 heavy (non-hydrogen) atoms. The van der Waals surface area contributed by atoms with Gasteiger partial charge in [-0.3, -0.25) is 4.57 Å². The number of hydrogen-bond donors (Lipinski definition) is 1. The number of nitrogens with one attached hydrogen (secondary N) is 1. The second kappa shape index (κ2) is 4.28. The fourth-order valence-corrected chi connectivity index (χ4v) is 2.08. The van der Waals surface area contributed by atoms with Crippen LogP contribution in [0.3, 0.4) is 0 Å². The van der Waals surface area contributed by atoms with Gasteiger partial charge in [0.15, 0.2) is 4.77 Å². The SMILES string of the molecule is Cc1ccc(C(F)(F)F)cc1-n1c(C)c[nH]c1=S. The van der Waals surface area contributed by atoms with Crippen molar-refractivity contribution in [3.8, 4) is 5.69 Å². The molecule has 2 aromatic rings. The number of halogens is 3. The van der Waals surface area contributed by atoms with Crippen LogP contribution in [0, 0.1) is 18.6 Å². The van der Waals surface area contributed by atoms with E-state index < -0.39 is 11.7 Å². The molecule has 0 unspecified atom stereocenters. The summed E-state index contributed by atoms with van der Waals surface area (Å²) in [5.41, 5.74) is 1.28. The summed E-state index contributed by atoms with van der Waals surface area (Å²) in [5, 5.41) is 0. The number of rotatable bonds is 1. The zero-order valence-electron chi connectivity index (χ0n) is 9.80. The van der Waals surface area contributed by atoms with Crippen molar-refractivity contribution in [2.24, 2.45) is 0 Å². The smallest absolute Gasteiger partial charge is 0.337 e. The first-order valence-electron chi connectivity index (χ1n) is 5.26. The van der Waals surface area contributed by atoms with Gasteiger partial charge in [-0.15, -0.1) is 0 Å². The molecule has 0 atom stereocenters. The van der Waals surface area contributed by atoms with Crippen molar-refractivity contribution in [1.82, 2.24) is 9.55 Å².